The van der Waals surface area contributed by atoms with Crippen molar-refractivity contribution in [2.24, 2.45) is 11.3 Å². The Morgan fingerprint density at radius 2 is 1.75 bits per heavy atom. The number of hydrogen-bond donors (Lipinski definition) is 0. The molecule has 1 heteroatoms. The lowest BCUT2D eigenvalue weighted by Gasteiger charge is -2.42. The highest BCUT2D eigenvalue weighted by molar-refractivity contribution is 4.84. The van der Waals surface area contributed by atoms with Crippen molar-refractivity contribution in [1.29, 1.82) is 0 Å². The molecule has 0 spiro atoms. The van der Waals surface area contributed by atoms with Crippen molar-refractivity contribution in [2.75, 3.05) is 13.6 Å². The van der Waals surface area contributed by atoms with Crippen LogP contribution in [0.4, 0.5) is 0 Å². The summed E-state index contributed by atoms with van der Waals surface area (Å²) >= 11 is 0. The summed E-state index contributed by atoms with van der Waals surface area (Å²) in [7, 11) is 2.27. The summed E-state index contributed by atoms with van der Waals surface area (Å²) in [5.41, 5.74) is 0.452. The lowest BCUT2D eigenvalue weighted by Crippen LogP contribution is -2.44. The molecule has 12 heavy (non-hydrogen) atoms. The molecule has 72 valence electrons. The quantitative estimate of drug-likeness (QED) is 0.614. The van der Waals surface area contributed by atoms with E-state index < -0.39 is 0 Å². The van der Waals surface area contributed by atoms with Gasteiger partial charge in [0.25, 0.3) is 0 Å². The van der Waals surface area contributed by atoms with Gasteiger partial charge in [0.05, 0.1) is 0 Å². The first-order valence-corrected chi connectivity index (χ1v) is 5.09. The summed E-state index contributed by atoms with van der Waals surface area (Å²) in [6, 6.07) is 0.874. The average molecular weight is 169 g/mol. The highest BCUT2D eigenvalue weighted by atomic mass is 15.1. The van der Waals surface area contributed by atoms with Crippen LogP contribution in [0.5, 0.6) is 0 Å². The standard InChI is InChI=1S/C11H23N/c1-9-6-10(7-9)12(5)8-11(2,3)4/h9-10H,6-8H2,1-5H3/t9-,10-. The third kappa shape index (κ3) is 2.78. The predicted molar refractivity (Wildman–Crippen MR) is 54.3 cm³/mol. The van der Waals surface area contributed by atoms with Crippen LogP contribution in [0.2, 0.25) is 0 Å². The molecular formula is C11H23N. The Bertz CT molecular complexity index is 140. The van der Waals surface area contributed by atoms with Gasteiger partial charge in [0, 0.05) is 12.6 Å². The van der Waals surface area contributed by atoms with E-state index in [9.17, 15) is 0 Å². The van der Waals surface area contributed by atoms with Gasteiger partial charge in [0.2, 0.25) is 0 Å². The van der Waals surface area contributed by atoms with Gasteiger partial charge < -0.3 is 4.90 Å². The zero-order valence-electron chi connectivity index (χ0n) is 9.22. The van der Waals surface area contributed by atoms with Crippen molar-refractivity contribution in [3.63, 3.8) is 0 Å². The van der Waals surface area contributed by atoms with Crippen LogP contribution in [0.1, 0.15) is 40.5 Å². The topological polar surface area (TPSA) is 3.24 Å². The zero-order valence-corrected chi connectivity index (χ0v) is 9.22. The zero-order chi connectivity index (χ0) is 9.35. The Labute approximate surface area is 77.1 Å². The molecule has 1 nitrogen and oxygen atoms in total. The van der Waals surface area contributed by atoms with E-state index >= 15 is 0 Å². The van der Waals surface area contributed by atoms with Crippen LogP contribution in [0.25, 0.3) is 0 Å². The van der Waals surface area contributed by atoms with Crippen LogP contribution in [-0.2, 0) is 0 Å². The van der Waals surface area contributed by atoms with Gasteiger partial charge in [-0.1, -0.05) is 27.7 Å². The normalized spacial score (nSPS) is 30.5. The second-order valence-electron chi connectivity index (χ2n) is 5.71. The van der Waals surface area contributed by atoms with E-state index in [1.54, 1.807) is 0 Å². The molecule has 0 atom stereocenters. The average Bonchev–Trinajstić information content (AvgIpc) is 1.76. The number of nitrogens with zero attached hydrogens (tertiary/aromatic N) is 1. The highest BCUT2D eigenvalue weighted by Gasteiger charge is 2.30. The molecule has 1 rings (SSSR count). The molecule has 0 aromatic carbocycles. The van der Waals surface area contributed by atoms with Crippen LogP contribution in [0.15, 0.2) is 0 Å². The summed E-state index contributed by atoms with van der Waals surface area (Å²) in [4.78, 5) is 2.53. The third-order valence-electron chi connectivity index (χ3n) is 2.70. The fraction of sp³-hybridized carbons (Fsp3) is 1.00. The molecule has 0 unspecified atom stereocenters. The van der Waals surface area contributed by atoms with Gasteiger partial charge in [0.1, 0.15) is 0 Å². The second kappa shape index (κ2) is 3.37. The Balaban J connectivity index is 2.25. The van der Waals surface area contributed by atoms with Crippen molar-refractivity contribution in [3.05, 3.63) is 0 Å². The third-order valence-corrected chi connectivity index (χ3v) is 2.70. The maximum Gasteiger partial charge on any atom is 0.00975 e. The predicted octanol–water partition coefficient (Wildman–Crippen LogP) is 2.76. The number of hydrogen-bond acceptors (Lipinski definition) is 1. The molecule has 0 aliphatic heterocycles. The smallest absolute Gasteiger partial charge is 0.00975 e. The SMILES string of the molecule is CN(CC(C)(C)C)[C@H]1C[C@H](C)C1. The summed E-state index contributed by atoms with van der Waals surface area (Å²) in [6.07, 6.45) is 2.82. The van der Waals surface area contributed by atoms with Crippen LogP contribution in [0, 0.1) is 11.3 Å². The Morgan fingerprint density at radius 3 is 2.08 bits per heavy atom. The summed E-state index contributed by atoms with van der Waals surface area (Å²) < 4.78 is 0. The van der Waals surface area contributed by atoms with Crippen molar-refractivity contribution in [1.82, 2.24) is 4.90 Å². The van der Waals surface area contributed by atoms with Crippen molar-refractivity contribution in [3.8, 4) is 0 Å². The van der Waals surface area contributed by atoms with Gasteiger partial charge in [-0.25, -0.2) is 0 Å². The summed E-state index contributed by atoms with van der Waals surface area (Å²) in [5.74, 6) is 0.970. The molecule has 0 saturated heterocycles. The summed E-state index contributed by atoms with van der Waals surface area (Å²) in [5, 5.41) is 0. The van der Waals surface area contributed by atoms with Crippen molar-refractivity contribution >= 4 is 0 Å². The minimum absolute atomic E-state index is 0.452. The van der Waals surface area contributed by atoms with E-state index in [4.69, 9.17) is 0 Å². The van der Waals surface area contributed by atoms with Gasteiger partial charge in [-0.05, 0) is 31.2 Å². The van der Waals surface area contributed by atoms with E-state index in [0.29, 0.717) is 5.41 Å². The fourth-order valence-corrected chi connectivity index (χ4v) is 2.10. The Morgan fingerprint density at radius 1 is 1.25 bits per heavy atom. The molecule has 0 aromatic rings. The highest BCUT2D eigenvalue weighted by Crippen LogP contribution is 2.31. The Kier molecular flexibility index (Phi) is 2.82. The van der Waals surface area contributed by atoms with Gasteiger partial charge in [-0.15, -0.1) is 0 Å². The van der Waals surface area contributed by atoms with Crippen LogP contribution in [0.3, 0.4) is 0 Å². The van der Waals surface area contributed by atoms with Crippen LogP contribution >= 0.6 is 0 Å². The molecule has 0 aromatic heterocycles. The Hall–Kier alpha value is -0.0400. The van der Waals surface area contributed by atoms with E-state index in [-0.39, 0.29) is 0 Å². The van der Waals surface area contributed by atoms with E-state index in [2.05, 4.69) is 39.6 Å². The largest absolute Gasteiger partial charge is 0.303 e. The lowest BCUT2D eigenvalue weighted by molar-refractivity contribution is 0.0809. The minimum atomic E-state index is 0.452. The van der Waals surface area contributed by atoms with Gasteiger partial charge in [0.15, 0.2) is 0 Å². The van der Waals surface area contributed by atoms with E-state index in [1.807, 2.05) is 0 Å². The van der Waals surface area contributed by atoms with E-state index in [0.717, 1.165) is 12.0 Å². The molecule has 0 N–H and O–H groups in total. The molecular weight excluding hydrogens is 146 g/mol. The second-order valence-corrected chi connectivity index (χ2v) is 5.71. The van der Waals surface area contributed by atoms with Crippen LogP contribution in [-0.4, -0.2) is 24.5 Å². The van der Waals surface area contributed by atoms with Crippen LogP contribution < -0.4 is 0 Å². The first-order valence-electron chi connectivity index (χ1n) is 5.09. The van der Waals surface area contributed by atoms with Crippen molar-refractivity contribution < 1.29 is 0 Å². The molecule has 1 aliphatic rings. The van der Waals surface area contributed by atoms with Gasteiger partial charge in [-0.3, -0.25) is 0 Å². The van der Waals surface area contributed by atoms with Gasteiger partial charge >= 0.3 is 0 Å². The molecule has 0 amide bonds. The first kappa shape index (κ1) is 10.0. The molecule has 0 radical (unpaired) electrons. The lowest BCUT2D eigenvalue weighted by atomic mass is 9.80. The summed E-state index contributed by atoms with van der Waals surface area (Å²) in [6.45, 7) is 10.5. The molecule has 0 bridgehead atoms. The molecule has 1 aliphatic carbocycles. The fourth-order valence-electron chi connectivity index (χ4n) is 2.10. The maximum atomic E-state index is 2.53. The van der Waals surface area contributed by atoms with Crippen molar-refractivity contribution in [2.45, 2.75) is 46.6 Å². The van der Waals surface area contributed by atoms with E-state index in [1.165, 1.54) is 19.4 Å². The molecule has 0 heterocycles. The minimum Gasteiger partial charge on any atom is -0.303 e. The van der Waals surface area contributed by atoms with Gasteiger partial charge in [-0.2, -0.15) is 0 Å². The first-order chi connectivity index (χ1) is 5.38. The maximum absolute atomic E-state index is 2.53. The molecule has 1 saturated carbocycles. The number of rotatable bonds is 2. The molecule has 1 fully saturated rings. The monoisotopic (exact) mass is 169 g/mol.